The number of likely N-dealkylation sites (tertiary alicyclic amines) is 1. The van der Waals surface area contributed by atoms with Gasteiger partial charge in [-0.25, -0.2) is 8.42 Å². The third-order valence-electron chi connectivity index (χ3n) is 7.69. The predicted octanol–water partition coefficient (Wildman–Crippen LogP) is 3.13. The molecule has 2 N–H and O–H groups in total. The fourth-order valence-corrected chi connectivity index (χ4v) is 7.81. The summed E-state index contributed by atoms with van der Waals surface area (Å²) in [5.41, 5.74) is 2.02. The summed E-state index contributed by atoms with van der Waals surface area (Å²) in [6, 6.07) is 5.40. The number of aromatic nitrogens is 1. The van der Waals surface area contributed by atoms with Crippen LogP contribution in [0.5, 0.6) is 0 Å². The van der Waals surface area contributed by atoms with E-state index in [2.05, 4.69) is 24.1 Å². The standard InChI is InChI=1S/C24H31N3O4S/c1-3-15-8-18-11-24(2,10-15)14-27(18)23(29)16-4-5-21-19(9-16)20(12-25-21)22(28)26-17-6-7-32(30,31)13-17/h4-5,9,12,15,17-18,25H,3,6-8,10-11,13-14H2,1-2H3,(H,26,28). The van der Waals surface area contributed by atoms with Gasteiger partial charge in [-0.05, 0) is 55.2 Å². The van der Waals surface area contributed by atoms with Crippen molar-refractivity contribution in [2.45, 2.75) is 58.0 Å². The van der Waals surface area contributed by atoms with Gasteiger partial charge < -0.3 is 15.2 Å². The number of aromatic amines is 1. The number of carbonyl (C=O) groups is 2. The van der Waals surface area contributed by atoms with Gasteiger partial charge in [0.05, 0.1) is 17.1 Å². The Bertz CT molecular complexity index is 1190. The first kappa shape index (κ1) is 21.5. The molecule has 0 radical (unpaired) electrons. The monoisotopic (exact) mass is 457 g/mol. The second-order valence-electron chi connectivity index (χ2n) is 10.4. The number of amides is 2. The van der Waals surface area contributed by atoms with Crippen LogP contribution in [0, 0.1) is 11.3 Å². The lowest BCUT2D eigenvalue weighted by molar-refractivity contribution is 0.0723. The van der Waals surface area contributed by atoms with Gasteiger partial charge in [0.1, 0.15) is 0 Å². The number of fused-ring (bicyclic) bond motifs is 3. The van der Waals surface area contributed by atoms with Gasteiger partial charge in [0.25, 0.3) is 11.8 Å². The summed E-state index contributed by atoms with van der Waals surface area (Å²) < 4.78 is 23.4. The van der Waals surface area contributed by atoms with E-state index in [1.807, 2.05) is 17.0 Å². The Kier molecular flexibility index (Phi) is 5.11. The molecule has 5 rings (SSSR count). The Balaban J connectivity index is 1.38. The van der Waals surface area contributed by atoms with Crippen molar-refractivity contribution in [2.75, 3.05) is 18.1 Å². The Morgan fingerprint density at radius 3 is 2.81 bits per heavy atom. The molecule has 3 heterocycles. The van der Waals surface area contributed by atoms with Gasteiger partial charge in [-0.1, -0.05) is 20.3 Å². The summed E-state index contributed by atoms with van der Waals surface area (Å²) in [5.74, 6) is 0.501. The smallest absolute Gasteiger partial charge is 0.254 e. The van der Waals surface area contributed by atoms with Crippen LogP contribution in [0.1, 0.15) is 66.7 Å². The summed E-state index contributed by atoms with van der Waals surface area (Å²) in [5, 5.41) is 3.53. The van der Waals surface area contributed by atoms with Crippen molar-refractivity contribution in [1.29, 1.82) is 0 Å². The maximum absolute atomic E-state index is 13.5. The molecule has 4 atom stereocenters. The molecule has 1 saturated carbocycles. The summed E-state index contributed by atoms with van der Waals surface area (Å²) >= 11 is 0. The van der Waals surface area contributed by atoms with Gasteiger partial charge in [-0.2, -0.15) is 0 Å². The second kappa shape index (κ2) is 7.61. The molecular formula is C24H31N3O4S. The summed E-state index contributed by atoms with van der Waals surface area (Å²) in [4.78, 5) is 31.5. The molecular weight excluding hydrogens is 426 g/mol. The molecule has 1 aromatic heterocycles. The molecule has 2 aromatic rings. The molecule has 3 fully saturated rings. The van der Waals surface area contributed by atoms with Crippen LogP contribution in [-0.4, -0.2) is 60.3 Å². The normalized spacial score (nSPS) is 31.2. The summed E-state index contributed by atoms with van der Waals surface area (Å²) in [7, 11) is -3.07. The van der Waals surface area contributed by atoms with E-state index in [1.54, 1.807) is 12.3 Å². The van der Waals surface area contributed by atoms with Gasteiger partial charge in [0, 0.05) is 41.3 Å². The van der Waals surface area contributed by atoms with Crippen LogP contribution in [-0.2, 0) is 9.84 Å². The second-order valence-corrected chi connectivity index (χ2v) is 12.6. The van der Waals surface area contributed by atoms with Crippen molar-refractivity contribution in [3.05, 3.63) is 35.5 Å². The van der Waals surface area contributed by atoms with Crippen molar-refractivity contribution >= 4 is 32.6 Å². The van der Waals surface area contributed by atoms with Crippen LogP contribution in [0.4, 0.5) is 0 Å². The lowest BCUT2D eigenvalue weighted by Gasteiger charge is -2.33. The minimum Gasteiger partial charge on any atom is -0.360 e. The van der Waals surface area contributed by atoms with Crippen molar-refractivity contribution in [1.82, 2.24) is 15.2 Å². The topological polar surface area (TPSA) is 99.3 Å². The third kappa shape index (κ3) is 3.83. The van der Waals surface area contributed by atoms with E-state index in [0.29, 0.717) is 34.9 Å². The van der Waals surface area contributed by atoms with Crippen molar-refractivity contribution < 1.29 is 18.0 Å². The molecule has 1 aromatic carbocycles. The Morgan fingerprint density at radius 2 is 2.09 bits per heavy atom. The maximum atomic E-state index is 13.5. The van der Waals surface area contributed by atoms with Crippen LogP contribution < -0.4 is 5.32 Å². The number of nitrogens with one attached hydrogen (secondary N) is 2. The van der Waals surface area contributed by atoms with Gasteiger partial charge in [0.15, 0.2) is 9.84 Å². The van der Waals surface area contributed by atoms with Crippen LogP contribution in [0.15, 0.2) is 24.4 Å². The van der Waals surface area contributed by atoms with E-state index < -0.39 is 9.84 Å². The van der Waals surface area contributed by atoms with Gasteiger partial charge in [-0.3, -0.25) is 9.59 Å². The first-order valence-electron chi connectivity index (χ1n) is 11.6. The number of benzene rings is 1. The number of nitrogens with zero attached hydrogens (tertiary/aromatic N) is 1. The SMILES string of the molecule is CCC1CC2CC(C)(C1)CN2C(=O)c1ccc2[nH]cc(C(=O)NC3CCS(=O)(=O)C3)c2c1. The van der Waals surface area contributed by atoms with Crippen molar-refractivity contribution in [3.63, 3.8) is 0 Å². The van der Waals surface area contributed by atoms with Gasteiger partial charge in [-0.15, -0.1) is 0 Å². The molecule has 32 heavy (non-hydrogen) atoms. The van der Waals surface area contributed by atoms with Gasteiger partial charge in [0.2, 0.25) is 0 Å². The molecule has 2 aliphatic heterocycles. The molecule has 7 nitrogen and oxygen atoms in total. The zero-order chi connectivity index (χ0) is 22.7. The zero-order valence-corrected chi connectivity index (χ0v) is 19.5. The highest BCUT2D eigenvalue weighted by Gasteiger charge is 2.48. The molecule has 8 heteroatoms. The molecule has 2 saturated heterocycles. The molecule has 172 valence electrons. The minimum atomic E-state index is -3.07. The lowest BCUT2D eigenvalue weighted by Crippen LogP contribution is -2.36. The molecule has 0 spiro atoms. The quantitative estimate of drug-likeness (QED) is 0.737. The lowest BCUT2D eigenvalue weighted by atomic mass is 9.71. The van der Waals surface area contributed by atoms with E-state index in [4.69, 9.17) is 0 Å². The average Bonchev–Trinajstić information content (AvgIpc) is 3.39. The van der Waals surface area contributed by atoms with Gasteiger partial charge >= 0.3 is 0 Å². The fraction of sp³-hybridized carbons (Fsp3) is 0.583. The number of hydrogen-bond donors (Lipinski definition) is 2. The van der Waals surface area contributed by atoms with Crippen LogP contribution in [0.3, 0.4) is 0 Å². The Hall–Kier alpha value is -2.35. The summed E-state index contributed by atoms with van der Waals surface area (Å²) in [6.45, 7) is 5.33. The largest absolute Gasteiger partial charge is 0.360 e. The molecule has 3 aliphatic rings. The fourth-order valence-electron chi connectivity index (χ4n) is 6.14. The van der Waals surface area contributed by atoms with Crippen molar-refractivity contribution in [2.24, 2.45) is 11.3 Å². The van der Waals surface area contributed by atoms with E-state index >= 15 is 0 Å². The highest BCUT2D eigenvalue weighted by Crippen LogP contribution is 2.48. The zero-order valence-electron chi connectivity index (χ0n) is 18.7. The average molecular weight is 458 g/mol. The maximum Gasteiger partial charge on any atom is 0.254 e. The first-order chi connectivity index (χ1) is 15.2. The van der Waals surface area contributed by atoms with Crippen LogP contribution >= 0.6 is 0 Å². The number of sulfone groups is 1. The third-order valence-corrected chi connectivity index (χ3v) is 9.46. The van der Waals surface area contributed by atoms with E-state index in [9.17, 15) is 18.0 Å². The Morgan fingerprint density at radius 1 is 1.28 bits per heavy atom. The van der Waals surface area contributed by atoms with Crippen molar-refractivity contribution in [3.8, 4) is 0 Å². The van der Waals surface area contributed by atoms with Crippen LogP contribution in [0.25, 0.3) is 10.9 Å². The molecule has 4 unspecified atom stereocenters. The highest BCUT2D eigenvalue weighted by atomic mass is 32.2. The number of hydrogen-bond acceptors (Lipinski definition) is 4. The van der Waals surface area contributed by atoms with E-state index in [0.717, 1.165) is 31.3 Å². The number of carbonyl (C=O) groups excluding carboxylic acids is 2. The summed E-state index contributed by atoms with van der Waals surface area (Å²) in [6.07, 6.45) is 6.55. The number of rotatable bonds is 4. The number of H-pyrrole nitrogens is 1. The molecule has 2 bridgehead atoms. The predicted molar refractivity (Wildman–Crippen MR) is 123 cm³/mol. The highest BCUT2D eigenvalue weighted by molar-refractivity contribution is 7.91. The van der Waals surface area contributed by atoms with E-state index in [-0.39, 0.29) is 34.8 Å². The van der Waals surface area contributed by atoms with Crippen LogP contribution in [0.2, 0.25) is 0 Å². The molecule has 1 aliphatic carbocycles. The Labute approximate surface area is 188 Å². The first-order valence-corrected chi connectivity index (χ1v) is 13.4. The minimum absolute atomic E-state index is 0.0152. The molecule has 2 amide bonds. The van der Waals surface area contributed by atoms with E-state index in [1.165, 1.54) is 6.42 Å².